The maximum atomic E-state index is 12.5. The maximum absolute atomic E-state index is 12.5. The standard InChI is InChI=1S/C18H27ClN2O2/c1-11-6-5-7-15(12(11)2)20-13(3)18(22)21-16-10-14(19)8-9-17(16)23-4/h8-13,15,20H,5-7H2,1-4H3,(H,21,22). The third-order valence-electron chi connectivity index (χ3n) is 4.98. The Morgan fingerprint density at radius 1 is 1.35 bits per heavy atom. The molecule has 1 aliphatic carbocycles. The van der Waals surface area contributed by atoms with Crippen molar-refractivity contribution in [3.8, 4) is 5.75 Å². The molecule has 1 saturated carbocycles. The topological polar surface area (TPSA) is 50.4 Å². The van der Waals surface area contributed by atoms with E-state index in [4.69, 9.17) is 16.3 Å². The third kappa shape index (κ3) is 4.61. The van der Waals surface area contributed by atoms with Gasteiger partial charge in [0.2, 0.25) is 5.91 Å². The second-order valence-electron chi connectivity index (χ2n) is 6.60. The highest BCUT2D eigenvalue weighted by molar-refractivity contribution is 6.31. The van der Waals surface area contributed by atoms with E-state index in [0.29, 0.717) is 34.3 Å². The highest BCUT2D eigenvalue weighted by atomic mass is 35.5. The van der Waals surface area contributed by atoms with E-state index in [2.05, 4.69) is 24.5 Å². The Morgan fingerprint density at radius 3 is 2.78 bits per heavy atom. The fourth-order valence-electron chi connectivity index (χ4n) is 3.23. The van der Waals surface area contributed by atoms with Gasteiger partial charge in [-0.2, -0.15) is 0 Å². The van der Waals surface area contributed by atoms with Crippen LogP contribution in [0, 0.1) is 11.8 Å². The van der Waals surface area contributed by atoms with Crippen LogP contribution in [0.2, 0.25) is 5.02 Å². The number of benzene rings is 1. The first kappa shape index (κ1) is 18.1. The summed E-state index contributed by atoms with van der Waals surface area (Å²) in [6.07, 6.45) is 3.63. The summed E-state index contributed by atoms with van der Waals surface area (Å²) in [5, 5.41) is 6.96. The predicted molar refractivity (Wildman–Crippen MR) is 95.2 cm³/mol. The zero-order valence-electron chi connectivity index (χ0n) is 14.4. The van der Waals surface area contributed by atoms with Gasteiger partial charge in [-0.25, -0.2) is 0 Å². The molecule has 1 aromatic rings. The van der Waals surface area contributed by atoms with Crippen LogP contribution >= 0.6 is 11.6 Å². The molecule has 0 saturated heterocycles. The average molecular weight is 339 g/mol. The van der Waals surface area contributed by atoms with Gasteiger partial charge in [-0.1, -0.05) is 38.3 Å². The van der Waals surface area contributed by atoms with E-state index in [1.165, 1.54) is 12.8 Å². The Bertz CT molecular complexity index is 550. The van der Waals surface area contributed by atoms with Gasteiger partial charge in [0.15, 0.2) is 0 Å². The summed E-state index contributed by atoms with van der Waals surface area (Å²) in [4.78, 5) is 12.5. The molecule has 0 aromatic heterocycles. The lowest BCUT2D eigenvalue weighted by Crippen LogP contribution is -2.49. The zero-order chi connectivity index (χ0) is 17.0. The van der Waals surface area contributed by atoms with E-state index in [1.807, 2.05) is 6.92 Å². The van der Waals surface area contributed by atoms with Crippen molar-refractivity contribution in [2.75, 3.05) is 12.4 Å². The Balaban J connectivity index is 1.99. The first-order chi connectivity index (χ1) is 10.9. The minimum Gasteiger partial charge on any atom is -0.495 e. The lowest BCUT2D eigenvalue weighted by molar-refractivity contribution is -0.118. The van der Waals surface area contributed by atoms with Crippen LogP contribution < -0.4 is 15.4 Å². The quantitative estimate of drug-likeness (QED) is 0.850. The number of anilines is 1. The maximum Gasteiger partial charge on any atom is 0.241 e. The predicted octanol–water partition coefficient (Wildman–Crippen LogP) is 4.09. The molecule has 23 heavy (non-hydrogen) atoms. The SMILES string of the molecule is COc1ccc(Cl)cc1NC(=O)C(C)NC1CCCC(C)C1C. The molecule has 2 rings (SSSR count). The molecule has 128 valence electrons. The van der Waals surface area contributed by atoms with E-state index < -0.39 is 0 Å². The Morgan fingerprint density at radius 2 is 2.09 bits per heavy atom. The summed E-state index contributed by atoms with van der Waals surface area (Å²) in [7, 11) is 1.58. The molecule has 1 aromatic carbocycles. The molecule has 1 fully saturated rings. The minimum atomic E-state index is -0.267. The fourth-order valence-corrected chi connectivity index (χ4v) is 3.40. The molecular formula is C18H27ClN2O2. The van der Waals surface area contributed by atoms with Gasteiger partial charge in [-0.15, -0.1) is 0 Å². The third-order valence-corrected chi connectivity index (χ3v) is 5.22. The lowest BCUT2D eigenvalue weighted by atomic mass is 9.78. The number of nitrogens with one attached hydrogen (secondary N) is 2. The highest BCUT2D eigenvalue weighted by Crippen LogP contribution is 2.30. The van der Waals surface area contributed by atoms with Gasteiger partial charge in [0.25, 0.3) is 0 Å². The van der Waals surface area contributed by atoms with E-state index >= 15 is 0 Å². The number of carbonyl (C=O) groups is 1. The number of ether oxygens (including phenoxy) is 1. The summed E-state index contributed by atoms with van der Waals surface area (Å²) in [5.74, 6) is 1.81. The van der Waals surface area contributed by atoms with Gasteiger partial charge in [-0.05, 0) is 43.4 Å². The monoisotopic (exact) mass is 338 g/mol. The molecular weight excluding hydrogens is 312 g/mol. The first-order valence-electron chi connectivity index (χ1n) is 8.32. The summed E-state index contributed by atoms with van der Waals surface area (Å²) < 4.78 is 5.27. The molecule has 5 heteroatoms. The van der Waals surface area contributed by atoms with E-state index in [9.17, 15) is 4.79 Å². The van der Waals surface area contributed by atoms with Crippen LogP contribution in [-0.2, 0) is 4.79 Å². The number of amides is 1. The van der Waals surface area contributed by atoms with Crippen LogP contribution in [0.5, 0.6) is 5.75 Å². The highest BCUT2D eigenvalue weighted by Gasteiger charge is 2.29. The molecule has 2 N–H and O–H groups in total. The van der Waals surface area contributed by atoms with Gasteiger partial charge in [0.1, 0.15) is 5.75 Å². The molecule has 1 amide bonds. The number of hydrogen-bond acceptors (Lipinski definition) is 3. The van der Waals surface area contributed by atoms with Crippen molar-refractivity contribution in [3.63, 3.8) is 0 Å². The Labute approximate surface area is 143 Å². The zero-order valence-corrected chi connectivity index (χ0v) is 15.1. The van der Waals surface area contributed by atoms with Crippen molar-refractivity contribution in [2.45, 2.75) is 52.1 Å². The van der Waals surface area contributed by atoms with Crippen LogP contribution in [0.25, 0.3) is 0 Å². The van der Waals surface area contributed by atoms with Gasteiger partial charge in [0.05, 0.1) is 18.8 Å². The summed E-state index contributed by atoms with van der Waals surface area (Å²) in [5.41, 5.74) is 0.601. The number of methoxy groups -OCH3 is 1. The van der Waals surface area contributed by atoms with Crippen molar-refractivity contribution in [3.05, 3.63) is 23.2 Å². The van der Waals surface area contributed by atoms with Crippen LogP contribution in [0.15, 0.2) is 18.2 Å². The second-order valence-corrected chi connectivity index (χ2v) is 7.03. The van der Waals surface area contributed by atoms with Crippen molar-refractivity contribution < 1.29 is 9.53 Å². The van der Waals surface area contributed by atoms with Crippen LogP contribution in [0.3, 0.4) is 0 Å². The van der Waals surface area contributed by atoms with Crippen molar-refractivity contribution in [1.29, 1.82) is 0 Å². The van der Waals surface area contributed by atoms with E-state index in [-0.39, 0.29) is 11.9 Å². The van der Waals surface area contributed by atoms with Gasteiger partial charge in [-0.3, -0.25) is 4.79 Å². The van der Waals surface area contributed by atoms with E-state index in [1.54, 1.807) is 25.3 Å². The van der Waals surface area contributed by atoms with E-state index in [0.717, 1.165) is 6.42 Å². The molecule has 0 aliphatic heterocycles. The summed E-state index contributed by atoms with van der Waals surface area (Å²) in [6, 6.07) is 5.32. The van der Waals surface area contributed by atoms with Crippen LogP contribution in [-0.4, -0.2) is 25.1 Å². The van der Waals surface area contributed by atoms with Crippen molar-refractivity contribution in [2.24, 2.45) is 11.8 Å². The molecule has 0 heterocycles. The normalized spacial score (nSPS) is 25.7. The number of halogens is 1. The molecule has 1 aliphatic rings. The Kier molecular flexibility index (Phi) is 6.31. The summed E-state index contributed by atoms with van der Waals surface area (Å²) in [6.45, 7) is 6.46. The molecule has 4 unspecified atom stereocenters. The van der Waals surface area contributed by atoms with Gasteiger partial charge >= 0.3 is 0 Å². The largest absolute Gasteiger partial charge is 0.495 e. The molecule has 4 atom stereocenters. The van der Waals surface area contributed by atoms with Gasteiger partial charge < -0.3 is 15.4 Å². The Hall–Kier alpha value is -1.26. The molecule has 0 spiro atoms. The lowest BCUT2D eigenvalue weighted by Gasteiger charge is -2.36. The second kappa shape index (κ2) is 8.02. The smallest absolute Gasteiger partial charge is 0.241 e. The molecule has 4 nitrogen and oxygen atoms in total. The van der Waals surface area contributed by atoms with Crippen LogP contribution in [0.1, 0.15) is 40.0 Å². The summed E-state index contributed by atoms with van der Waals surface area (Å²) >= 11 is 6.01. The number of rotatable bonds is 5. The minimum absolute atomic E-state index is 0.0732. The van der Waals surface area contributed by atoms with Gasteiger partial charge in [0, 0.05) is 11.1 Å². The van der Waals surface area contributed by atoms with Crippen molar-refractivity contribution >= 4 is 23.2 Å². The average Bonchev–Trinajstić information content (AvgIpc) is 2.52. The van der Waals surface area contributed by atoms with Crippen LogP contribution in [0.4, 0.5) is 5.69 Å². The number of carbonyl (C=O) groups excluding carboxylic acids is 1. The van der Waals surface area contributed by atoms with Crippen molar-refractivity contribution in [1.82, 2.24) is 5.32 Å². The first-order valence-corrected chi connectivity index (χ1v) is 8.70. The fraction of sp³-hybridized carbons (Fsp3) is 0.611. The molecule has 0 bridgehead atoms. The molecule has 0 radical (unpaired) electrons. The number of hydrogen-bond donors (Lipinski definition) is 2.